The van der Waals surface area contributed by atoms with Crippen LogP contribution in [-0.2, 0) is 4.74 Å². The fraction of sp³-hybridized carbons (Fsp3) is 0.929. The highest BCUT2D eigenvalue weighted by Gasteiger charge is 2.31. The Labute approximate surface area is 106 Å². The smallest absolute Gasteiger partial charge is 0.410 e. The maximum atomic E-state index is 11.9. The minimum Gasteiger partial charge on any atom is -0.446 e. The molecule has 0 radical (unpaired) electrons. The summed E-state index contributed by atoms with van der Waals surface area (Å²) in [4.78, 5) is 13.7. The van der Waals surface area contributed by atoms with Gasteiger partial charge in [0.2, 0.25) is 0 Å². The number of nitrogens with zero attached hydrogens (tertiary/aromatic N) is 1. The Bertz CT molecular complexity index is 236. The van der Waals surface area contributed by atoms with E-state index in [0.717, 1.165) is 19.5 Å². The molecule has 0 N–H and O–H groups in total. The molecule has 2 atom stereocenters. The van der Waals surface area contributed by atoms with Crippen molar-refractivity contribution in [3.63, 3.8) is 0 Å². The molecule has 100 valence electrons. The van der Waals surface area contributed by atoms with Crippen molar-refractivity contribution in [2.24, 2.45) is 11.8 Å². The summed E-state index contributed by atoms with van der Waals surface area (Å²) in [6.07, 6.45) is 4.72. The van der Waals surface area contributed by atoms with E-state index < -0.39 is 0 Å². The summed E-state index contributed by atoms with van der Waals surface area (Å²) >= 11 is 0. The van der Waals surface area contributed by atoms with Crippen molar-refractivity contribution in [3.05, 3.63) is 0 Å². The zero-order chi connectivity index (χ0) is 12.8. The highest BCUT2D eigenvalue weighted by atomic mass is 16.6. The van der Waals surface area contributed by atoms with Crippen LogP contribution in [-0.4, -0.2) is 30.2 Å². The molecule has 1 amide bonds. The minimum absolute atomic E-state index is 0.132. The highest BCUT2D eigenvalue weighted by molar-refractivity contribution is 5.67. The molecule has 0 aliphatic heterocycles. The average molecular weight is 241 g/mol. The summed E-state index contributed by atoms with van der Waals surface area (Å²) in [5, 5.41) is 0. The molecule has 17 heavy (non-hydrogen) atoms. The van der Waals surface area contributed by atoms with E-state index in [-0.39, 0.29) is 12.2 Å². The van der Waals surface area contributed by atoms with Crippen molar-refractivity contribution in [2.75, 3.05) is 13.1 Å². The first kappa shape index (κ1) is 14.3. The second-order valence-electron chi connectivity index (χ2n) is 5.29. The summed E-state index contributed by atoms with van der Waals surface area (Å²) in [6.45, 7) is 9.91. The van der Waals surface area contributed by atoms with Crippen LogP contribution >= 0.6 is 0 Å². The van der Waals surface area contributed by atoms with Crippen LogP contribution < -0.4 is 0 Å². The number of ether oxygens (including phenoxy) is 1. The molecule has 1 saturated carbocycles. The molecule has 2 unspecified atom stereocenters. The van der Waals surface area contributed by atoms with Crippen LogP contribution in [0.5, 0.6) is 0 Å². The van der Waals surface area contributed by atoms with E-state index in [4.69, 9.17) is 4.74 Å². The molecule has 0 aromatic rings. The average Bonchev–Trinajstić information content (AvgIpc) is 2.31. The molecule has 1 rings (SSSR count). The molecule has 0 aromatic carbocycles. The summed E-state index contributed by atoms with van der Waals surface area (Å²) < 4.78 is 5.70. The molecular formula is C14H27NO2. The van der Waals surface area contributed by atoms with Gasteiger partial charge in [0, 0.05) is 13.1 Å². The number of carbonyl (C=O) groups is 1. The first-order valence-electron chi connectivity index (χ1n) is 7.05. The first-order valence-corrected chi connectivity index (χ1v) is 7.05. The van der Waals surface area contributed by atoms with Gasteiger partial charge < -0.3 is 9.64 Å². The standard InChI is InChI=1S/C14H27NO2/c1-5-15(6-2)14(16)17-13-10-8-7-9-12(13)11(3)4/h11-13H,5-10H2,1-4H3. The lowest BCUT2D eigenvalue weighted by molar-refractivity contribution is 0.00297. The van der Waals surface area contributed by atoms with Crippen LogP contribution in [0.3, 0.4) is 0 Å². The fourth-order valence-electron chi connectivity index (χ4n) is 2.72. The Morgan fingerprint density at radius 3 is 2.35 bits per heavy atom. The van der Waals surface area contributed by atoms with Crippen LogP contribution in [0.25, 0.3) is 0 Å². The van der Waals surface area contributed by atoms with E-state index >= 15 is 0 Å². The van der Waals surface area contributed by atoms with Gasteiger partial charge in [-0.25, -0.2) is 4.79 Å². The molecule has 0 aromatic heterocycles. The number of carbonyl (C=O) groups excluding carboxylic acids is 1. The van der Waals surface area contributed by atoms with E-state index in [1.807, 2.05) is 13.8 Å². The van der Waals surface area contributed by atoms with Crippen molar-refractivity contribution >= 4 is 6.09 Å². The third kappa shape index (κ3) is 3.90. The zero-order valence-electron chi connectivity index (χ0n) is 11.7. The SMILES string of the molecule is CCN(CC)C(=O)OC1CCCCC1C(C)C. The molecule has 0 spiro atoms. The largest absolute Gasteiger partial charge is 0.446 e. The maximum absolute atomic E-state index is 11.9. The van der Waals surface area contributed by atoms with Gasteiger partial charge in [-0.05, 0) is 44.9 Å². The number of amides is 1. The van der Waals surface area contributed by atoms with Crippen LogP contribution in [0.2, 0.25) is 0 Å². The second-order valence-corrected chi connectivity index (χ2v) is 5.29. The van der Waals surface area contributed by atoms with Gasteiger partial charge in [-0.15, -0.1) is 0 Å². The van der Waals surface area contributed by atoms with E-state index in [9.17, 15) is 4.79 Å². The molecule has 3 nitrogen and oxygen atoms in total. The lowest BCUT2D eigenvalue weighted by Crippen LogP contribution is -2.39. The molecule has 1 aliphatic carbocycles. The molecule has 3 heteroatoms. The molecule has 1 aliphatic rings. The van der Waals surface area contributed by atoms with Gasteiger partial charge in [0.15, 0.2) is 0 Å². The quantitative estimate of drug-likeness (QED) is 0.751. The molecule has 0 saturated heterocycles. The molecular weight excluding hydrogens is 214 g/mol. The van der Waals surface area contributed by atoms with Crippen LogP contribution in [0.15, 0.2) is 0 Å². The second kappa shape index (κ2) is 6.87. The third-order valence-corrected chi connectivity index (χ3v) is 3.88. The summed E-state index contributed by atoms with van der Waals surface area (Å²) in [7, 11) is 0. The van der Waals surface area contributed by atoms with Gasteiger partial charge in [0.1, 0.15) is 6.10 Å². The van der Waals surface area contributed by atoms with Gasteiger partial charge in [0.25, 0.3) is 0 Å². The Morgan fingerprint density at radius 2 is 1.82 bits per heavy atom. The predicted molar refractivity (Wildman–Crippen MR) is 70.0 cm³/mol. The van der Waals surface area contributed by atoms with Crippen molar-refractivity contribution in [1.29, 1.82) is 0 Å². The predicted octanol–water partition coefficient (Wildman–Crippen LogP) is 3.68. The highest BCUT2D eigenvalue weighted by Crippen LogP contribution is 2.32. The lowest BCUT2D eigenvalue weighted by Gasteiger charge is -2.35. The molecule has 0 bridgehead atoms. The van der Waals surface area contributed by atoms with Crippen molar-refractivity contribution < 1.29 is 9.53 Å². The van der Waals surface area contributed by atoms with Crippen molar-refractivity contribution in [2.45, 2.75) is 59.5 Å². The topological polar surface area (TPSA) is 29.5 Å². The fourth-order valence-corrected chi connectivity index (χ4v) is 2.72. The third-order valence-electron chi connectivity index (χ3n) is 3.88. The Kier molecular flexibility index (Phi) is 5.79. The number of rotatable bonds is 4. The van der Waals surface area contributed by atoms with Crippen LogP contribution in [0, 0.1) is 11.8 Å². The number of hydrogen-bond acceptors (Lipinski definition) is 2. The Balaban J connectivity index is 2.55. The van der Waals surface area contributed by atoms with Gasteiger partial charge in [-0.2, -0.15) is 0 Å². The lowest BCUT2D eigenvalue weighted by atomic mass is 9.79. The van der Waals surface area contributed by atoms with Crippen molar-refractivity contribution in [1.82, 2.24) is 4.90 Å². The van der Waals surface area contributed by atoms with E-state index in [0.29, 0.717) is 11.8 Å². The Hall–Kier alpha value is -0.730. The first-order chi connectivity index (χ1) is 8.10. The Morgan fingerprint density at radius 1 is 1.24 bits per heavy atom. The normalized spacial score (nSPS) is 24.8. The minimum atomic E-state index is -0.132. The summed E-state index contributed by atoms with van der Waals surface area (Å²) in [6, 6.07) is 0. The summed E-state index contributed by atoms with van der Waals surface area (Å²) in [5.41, 5.74) is 0. The van der Waals surface area contributed by atoms with Gasteiger partial charge >= 0.3 is 6.09 Å². The van der Waals surface area contributed by atoms with E-state index in [1.54, 1.807) is 4.90 Å². The van der Waals surface area contributed by atoms with E-state index in [2.05, 4.69) is 13.8 Å². The van der Waals surface area contributed by atoms with Gasteiger partial charge in [0.05, 0.1) is 0 Å². The van der Waals surface area contributed by atoms with Crippen LogP contribution in [0.1, 0.15) is 53.4 Å². The van der Waals surface area contributed by atoms with Gasteiger partial charge in [-0.1, -0.05) is 20.3 Å². The van der Waals surface area contributed by atoms with Gasteiger partial charge in [-0.3, -0.25) is 0 Å². The summed E-state index contributed by atoms with van der Waals surface area (Å²) in [5.74, 6) is 1.15. The molecule has 0 heterocycles. The molecule has 1 fully saturated rings. The number of hydrogen-bond donors (Lipinski definition) is 0. The monoisotopic (exact) mass is 241 g/mol. The maximum Gasteiger partial charge on any atom is 0.410 e. The van der Waals surface area contributed by atoms with Crippen molar-refractivity contribution in [3.8, 4) is 0 Å². The zero-order valence-corrected chi connectivity index (χ0v) is 11.7. The van der Waals surface area contributed by atoms with Crippen LogP contribution in [0.4, 0.5) is 4.79 Å². The van der Waals surface area contributed by atoms with E-state index in [1.165, 1.54) is 19.3 Å².